The molecule has 32 heavy (non-hydrogen) atoms. The van der Waals surface area contributed by atoms with Crippen molar-refractivity contribution in [3.63, 3.8) is 0 Å². The molecule has 1 aliphatic carbocycles. The number of primary amides is 1. The van der Waals surface area contributed by atoms with E-state index in [4.69, 9.17) is 11.5 Å². The molecule has 1 heterocycles. The Hall–Kier alpha value is -2.94. The van der Waals surface area contributed by atoms with E-state index in [1.165, 1.54) is 4.90 Å². The molecule has 3 rings (SSSR count). The third kappa shape index (κ3) is 5.27. The van der Waals surface area contributed by atoms with Crippen LogP contribution in [-0.2, 0) is 4.79 Å². The van der Waals surface area contributed by atoms with E-state index in [1.807, 2.05) is 45.0 Å². The monoisotopic (exact) mass is 457 g/mol. The van der Waals surface area contributed by atoms with E-state index in [9.17, 15) is 14.4 Å². The molecule has 1 aromatic carbocycles. The van der Waals surface area contributed by atoms with Crippen LogP contribution in [0.25, 0.3) is 0 Å². The lowest BCUT2D eigenvalue weighted by Crippen LogP contribution is -2.52. The van der Waals surface area contributed by atoms with Gasteiger partial charge in [-0.15, -0.1) is 0 Å². The fourth-order valence-electron chi connectivity index (χ4n) is 4.03. The zero-order valence-electron chi connectivity index (χ0n) is 18.8. The number of amides is 3. The number of nitrogens with two attached hydrogens (primary N) is 2. The summed E-state index contributed by atoms with van der Waals surface area (Å²) in [5.74, 6) is -1.28. The Balaban J connectivity index is 2.04. The number of carbonyl (C=O) groups excluding carboxylic acids is 3. The van der Waals surface area contributed by atoms with Gasteiger partial charge in [0.2, 0.25) is 5.91 Å². The van der Waals surface area contributed by atoms with Crippen molar-refractivity contribution in [1.82, 2.24) is 9.69 Å². The van der Waals surface area contributed by atoms with Gasteiger partial charge in [-0.3, -0.25) is 19.3 Å². The third-order valence-corrected chi connectivity index (χ3v) is 6.55. The average molecular weight is 458 g/mol. The SMILES string of the molecule is Cc1ccc(N(C(=O)c2snc(C(N)=O)c2N)[C@@H](CC(C)C)C(=O)NC2CCCC2)cc1. The molecule has 1 aliphatic rings. The van der Waals surface area contributed by atoms with Gasteiger partial charge in [-0.25, -0.2) is 0 Å². The van der Waals surface area contributed by atoms with Gasteiger partial charge in [0.25, 0.3) is 11.8 Å². The first-order valence-corrected chi connectivity index (χ1v) is 11.7. The van der Waals surface area contributed by atoms with E-state index < -0.39 is 17.9 Å². The highest BCUT2D eigenvalue weighted by Crippen LogP contribution is 2.30. The van der Waals surface area contributed by atoms with Crippen molar-refractivity contribution in [2.45, 2.75) is 65.0 Å². The van der Waals surface area contributed by atoms with Crippen molar-refractivity contribution >= 4 is 40.6 Å². The van der Waals surface area contributed by atoms with Gasteiger partial charge in [0.05, 0.1) is 5.69 Å². The number of nitrogens with one attached hydrogen (secondary N) is 1. The van der Waals surface area contributed by atoms with E-state index in [0.717, 1.165) is 42.8 Å². The summed E-state index contributed by atoms with van der Waals surface area (Å²) >= 11 is 0.821. The Morgan fingerprint density at radius 2 is 1.81 bits per heavy atom. The van der Waals surface area contributed by atoms with Crippen LogP contribution in [0.3, 0.4) is 0 Å². The lowest BCUT2D eigenvalue weighted by molar-refractivity contribution is -0.123. The number of hydrogen-bond donors (Lipinski definition) is 3. The Kier molecular flexibility index (Phi) is 7.50. The summed E-state index contributed by atoms with van der Waals surface area (Å²) in [4.78, 5) is 40.4. The van der Waals surface area contributed by atoms with Crippen molar-refractivity contribution in [1.29, 1.82) is 0 Å². The van der Waals surface area contributed by atoms with Crippen LogP contribution in [0.4, 0.5) is 11.4 Å². The van der Waals surface area contributed by atoms with Gasteiger partial charge in [0.15, 0.2) is 5.69 Å². The molecule has 3 amide bonds. The van der Waals surface area contributed by atoms with Gasteiger partial charge >= 0.3 is 0 Å². The molecule has 0 aliphatic heterocycles. The summed E-state index contributed by atoms with van der Waals surface area (Å²) in [5.41, 5.74) is 12.8. The lowest BCUT2D eigenvalue weighted by Gasteiger charge is -2.33. The number of hydrogen-bond acceptors (Lipinski definition) is 6. The van der Waals surface area contributed by atoms with Gasteiger partial charge < -0.3 is 16.8 Å². The molecule has 172 valence electrons. The molecule has 1 saturated carbocycles. The maximum absolute atomic E-state index is 13.7. The van der Waals surface area contributed by atoms with Gasteiger partial charge in [-0.05, 0) is 55.8 Å². The number of nitrogen functional groups attached to an aromatic ring is 1. The van der Waals surface area contributed by atoms with Crippen molar-refractivity contribution in [2.75, 3.05) is 10.6 Å². The lowest BCUT2D eigenvalue weighted by atomic mass is 9.99. The van der Waals surface area contributed by atoms with Gasteiger partial charge in [0.1, 0.15) is 10.9 Å². The van der Waals surface area contributed by atoms with Crippen LogP contribution in [-0.4, -0.2) is 34.2 Å². The summed E-state index contributed by atoms with van der Waals surface area (Å²) in [6, 6.07) is 6.81. The third-order valence-electron chi connectivity index (χ3n) is 5.70. The summed E-state index contributed by atoms with van der Waals surface area (Å²) in [6.07, 6.45) is 4.55. The molecule has 0 saturated heterocycles. The Morgan fingerprint density at radius 3 is 2.34 bits per heavy atom. The largest absolute Gasteiger partial charge is 0.395 e. The normalized spacial score (nSPS) is 15.0. The number of aryl methyl sites for hydroxylation is 1. The van der Waals surface area contributed by atoms with E-state index in [2.05, 4.69) is 9.69 Å². The topological polar surface area (TPSA) is 131 Å². The van der Waals surface area contributed by atoms with Crippen molar-refractivity contribution in [2.24, 2.45) is 11.7 Å². The molecule has 8 nitrogen and oxygen atoms in total. The first kappa shape index (κ1) is 23.7. The predicted octanol–water partition coefficient (Wildman–Crippen LogP) is 3.25. The van der Waals surface area contributed by atoms with Crippen molar-refractivity contribution < 1.29 is 14.4 Å². The molecule has 5 N–H and O–H groups in total. The van der Waals surface area contributed by atoms with Crippen LogP contribution >= 0.6 is 11.5 Å². The molecule has 0 unspecified atom stereocenters. The van der Waals surface area contributed by atoms with Gasteiger partial charge in [-0.1, -0.05) is 44.4 Å². The second-order valence-corrected chi connectivity index (χ2v) is 9.56. The first-order chi connectivity index (χ1) is 15.2. The number of nitrogens with zero attached hydrogens (tertiary/aromatic N) is 2. The van der Waals surface area contributed by atoms with Crippen molar-refractivity contribution in [3.8, 4) is 0 Å². The zero-order chi connectivity index (χ0) is 23.4. The van der Waals surface area contributed by atoms with Crippen LogP contribution in [0, 0.1) is 12.8 Å². The highest BCUT2D eigenvalue weighted by Gasteiger charge is 2.36. The highest BCUT2D eigenvalue weighted by atomic mass is 32.1. The van der Waals surface area contributed by atoms with Crippen LogP contribution in [0.15, 0.2) is 24.3 Å². The molecule has 1 atom stereocenters. The molecular formula is C23H31N5O3S. The van der Waals surface area contributed by atoms with E-state index >= 15 is 0 Å². The maximum Gasteiger partial charge on any atom is 0.272 e. The summed E-state index contributed by atoms with van der Waals surface area (Å²) in [7, 11) is 0. The maximum atomic E-state index is 13.7. The summed E-state index contributed by atoms with van der Waals surface area (Å²) in [5, 5.41) is 3.14. The average Bonchev–Trinajstić information content (AvgIpc) is 3.37. The van der Waals surface area contributed by atoms with Crippen LogP contribution in [0.1, 0.15) is 71.7 Å². The Labute approximate surface area is 192 Å². The highest BCUT2D eigenvalue weighted by molar-refractivity contribution is 7.09. The molecule has 0 spiro atoms. The van der Waals surface area contributed by atoms with E-state index in [-0.39, 0.29) is 34.1 Å². The molecular weight excluding hydrogens is 426 g/mol. The molecule has 9 heteroatoms. The fraction of sp³-hybridized carbons (Fsp3) is 0.478. The van der Waals surface area contributed by atoms with Crippen LogP contribution < -0.4 is 21.7 Å². The first-order valence-electron chi connectivity index (χ1n) is 10.9. The Morgan fingerprint density at radius 1 is 1.19 bits per heavy atom. The molecule has 1 fully saturated rings. The smallest absolute Gasteiger partial charge is 0.272 e. The minimum Gasteiger partial charge on any atom is -0.395 e. The van der Waals surface area contributed by atoms with Crippen molar-refractivity contribution in [3.05, 3.63) is 40.4 Å². The molecule has 0 radical (unpaired) electrons. The number of benzene rings is 1. The number of aromatic nitrogens is 1. The predicted molar refractivity (Wildman–Crippen MR) is 127 cm³/mol. The van der Waals surface area contributed by atoms with Crippen LogP contribution in [0.2, 0.25) is 0 Å². The number of anilines is 2. The summed E-state index contributed by atoms with van der Waals surface area (Å²) in [6.45, 7) is 5.98. The minimum atomic E-state index is -0.794. The van der Waals surface area contributed by atoms with Gasteiger partial charge in [0, 0.05) is 11.7 Å². The standard InChI is InChI=1S/C23H31N5O3S/c1-13(2)12-17(22(30)26-15-6-4-5-7-15)28(16-10-8-14(3)9-11-16)23(31)20-18(24)19(21(25)29)27-32-20/h8-11,13,15,17H,4-7,12,24H2,1-3H3,(H2,25,29)(H,26,30)/t17-/m0/s1. The van der Waals surface area contributed by atoms with Gasteiger partial charge in [-0.2, -0.15) is 4.37 Å². The zero-order valence-corrected chi connectivity index (χ0v) is 19.6. The van der Waals surface area contributed by atoms with E-state index in [0.29, 0.717) is 12.1 Å². The molecule has 0 bridgehead atoms. The second kappa shape index (κ2) is 10.1. The number of rotatable bonds is 8. The summed E-state index contributed by atoms with van der Waals surface area (Å²) < 4.78 is 3.97. The quantitative estimate of drug-likeness (QED) is 0.560. The molecule has 2 aromatic rings. The second-order valence-electron chi connectivity index (χ2n) is 8.78. The fourth-order valence-corrected chi connectivity index (χ4v) is 4.77. The number of carbonyl (C=O) groups is 3. The van der Waals surface area contributed by atoms with Crippen LogP contribution in [0.5, 0.6) is 0 Å². The Bertz CT molecular complexity index is 980. The van der Waals surface area contributed by atoms with E-state index in [1.54, 1.807) is 0 Å². The minimum absolute atomic E-state index is 0.0518. The molecule has 1 aromatic heterocycles.